The van der Waals surface area contributed by atoms with Crippen LogP contribution in [-0.2, 0) is 5.11 Å². The monoisotopic (exact) mass is 120 g/mol. The molecule has 1 aromatic carbocycles. The molecule has 0 aliphatic heterocycles. The third kappa shape index (κ3) is 1.04. The van der Waals surface area contributed by atoms with Gasteiger partial charge in [-0.25, -0.2) is 0 Å². The van der Waals surface area contributed by atoms with Gasteiger partial charge < -0.3 is 0 Å². The lowest BCUT2D eigenvalue weighted by Gasteiger charge is -1.96. The van der Waals surface area contributed by atoms with Gasteiger partial charge in [0.1, 0.15) is 0 Å². The van der Waals surface area contributed by atoms with Crippen LogP contribution in [0.5, 0.6) is 5.75 Å². The summed E-state index contributed by atoms with van der Waals surface area (Å²) in [5, 5.41) is 10.8. The van der Waals surface area contributed by atoms with Crippen LogP contribution in [0.1, 0.15) is 11.1 Å². The van der Waals surface area contributed by atoms with Crippen molar-refractivity contribution in [1.29, 1.82) is 0 Å². The number of benzene rings is 1. The van der Waals surface area contributed by atoms with Gasteiger partial charge in [0.15, 0.2) is 5.75 Å². The van der Waals surface area contributed by atoms with Crippen molar-refractivity contribution in [3.05, 3.63) is 29.3 Å². The molecule has 2 radical (unpaired) electrons. The van der Waals surface area contributed by atoms with Gasteiger partial charge >= 0.3 is 0 Å². The summed E-state index contributed by atoms with van der Waals surface area (Å²) in [4.78, 5) is 0. The van der Waals surface area contributed by atoms with E-state index in [9.17, 15) is 5.11 Å². The van der Waals surface area contributed by atoms with Crippen LogP contribution in [0.4, 0.5) is 0 Å². The van der Waals surface area contributed by atoms with E-state index in [1.165, 1.54) is 6.07 Å². The molecular weight excluding hydrogens is 112 g/mol. The Hall–Kier alpha value is -0.980. The third-order valence-corrected chi connectivity index (χ3v) is 1.47. The highest BCUT2D eigenvalue weighted by atomic mass is 16.3. The van der Waals surface area contributed by atoms with Gasteiger partial charge in [0.2, 0.25) is 0 Å². The van der Waals surface area contributed by atoms with E-state index in [2.05, 4.69) is 6.07 Å². The first-order chi connectivity index (χ1) is 4.22. The predicted molar refractivity (Wildman–Crippen MR) is 34.9 cm³/mol. The highest BCUT2D eigenvalue weighted by Crippen LogP contribution is 2.18. The van der Waals surface area contributed by atoms with E-state index in [1.807, 2.05) is 13.8 Å². The van der Waals surface area contributed by atoms with Crippen LogP contribution in [-0.4, -0.2) is 0 Å². The molecule has 1 aromatic rings. The molecule has 0 aromatic heterocycles. The van der Waals surface area contributed by atoms with Crippen LogP contribution in [0.25, 0.3) is 0 Å². The average molecular weight is 120 g/mol. The maximum absolute atomic E-state index is 10.8. The largest absolute Gasteiger partial charge is 0.290 e. The lowest BCUT2D eigenvalue weighted by molar-refractivity contribution is 0.351. The normalized spacial score (nSPS) is 9.56. The van der Waals surface area contributed by atoms with Crippen molar-refractivity contribution in [2.75, 3.05) is 0 Å². The highest BCUT2D eigenvalue weighted by molar-refractivity contribution is 5.35. The van der Waals surface area contributed by atoms with E-state index < -0.39 is 0 Å². The standard InChI is InChI=1S/C8H8O/c1-6-4-3-5-8(9)7(6)2/h3,5H,1-2H3. The van der Waals surface area contributed by atoms with Crippen LogP contribution < -0.4 is 0 Å². The summed E-state index contributed by atoms with van der Waals surface area (Å²) >= 11 is 0. The van der Waals surface area contributed by atoms with E-state index in [1.54, 1.807) is 6.07 Å². The fourth-order valence-corrected chi connectivity index (χ4v) is 0.660. The molecule has 1 nitrogen and oxygen atoms in total. The Bertz CT molecular complexity index is 196. The van der Waals surface area contributed by atoms with E-state index in [0.717, 1.165) is 11.1 Å². The summed E-state index contributed by atoms with van der Waals surface area (Å²) < 4.78 is 0. The average Bonchev–Trinajstić information content (AvgIpc) is 1.83. The molecule has 0 saturated heterocycles. The zero-order chi connectivity index (χ0) is 6.85. The molecule has 9 heavy (non-hydrogen) atoms. The highest BCUT2D eigenvalue weighted by Gasteiger charge is 1.97. The summed E-state index contributed by atoms with van der Waals surface area (Å²) in [5.74, 6) is 0.103. The Balaban J connectivity index is 3.25. The Morgan fingerprint density at radius 3 is 2.56 bits per heavy atom. The molecular formula is C8H8O. The zero-order valence-electron chi connectivity index (χ0n) is 5.56. The molecule has 1 heteroatoms. The third-order valence-electron chi connectivity index (χ3n) is 1.47. The molecule has 0 N–H and O–H groups in total. The van der Waals surface area contributed by atoms with Crippen molar-refractivity contribution < 1.29 is 5.11 Å². The number of hydrogen-bond donors (Lipinski definition) is 0. The molecule has 0 fully saturated rings. The van der Waals surface area contributed by atoms with Crippen molar-refractivity contribution in [3.63, 3.8) is 0 Å². The second kappa shape index (κ2) is 2.09. The van der Waals surface area contributed by atoms with Gasteiger partial charge in [-0.15, -0.1) is 0 Å². The summed E-state index contributed by atoms with van der Waals surface area (Å²) in [7, 11) is 0. The van der Waals surface area contributed by atoms with E-state index >= 15 is 0 Å². The fraction of sp³-hybridized carbons (Fsp3) is 0.250. The molecule has 0 bridgehead atoms. The second-order valence-electron chi connectivity index (χ2n) is 2.09. The van der Waals surface area contributed by atoms with E-state index in [0.29, 0.717) is 0 Å². The second-order valence-corrected chi connectivity index (χ2v) is 2.09. The Morgan fingerprint density at radius 1 is 1.44 bits per heavy atom. The summed E-state index contributed by atoms with van der Waals surface area (Å²) in [5.41, 5.74) is 1.75. The van der Waals surface area contributed by atoms with Crippen LogP contribution in [0.15, 0.2) is 12.1 Å². The van der Waals surface area contributed by atoms with Gasteiger partial charge in [0.25, 0.3) is 0 Å². The Labute approximate surface area is 55.0 Å². The molecule has 0 atom stereocenters. The summed E-state index contributed by atoms with van der Waals surface area (Å²) in [6, 6.07) is 6.13. The van der Waals surface area contributed by atoms with Crippen molar-refractivity contribution in [2.24, 2.45) is 0 Å². The van der Waals surface area contributed by atoms with Gasteiger partial charge in [-0.05, 0) is 37.1 Å². The predicted octanol–water partition coefficient (Wildman–Crippen LogP) is 2.25. The summed E-state index contributed by atoms with van der Waals surface area (Å²) in [6.07, 6.45) is 0. The molecule has 0 amide bonds. The molecule has 1 rings (SSSR count). The molecule has 0 aliphatic carbocycles. The fourth-order valence-electron chi connectivity index (χ4n) is 0.660. The van der Waals surface area contributed by atoms with Crippen molar-refractivity contribution >= 4 is 0 Å². The van der Waals surface area contributed by atoms with Crippen molar-refractivity contribution in [3.8, 4) is 5.75 Å². The quantitative estimate of drug-likeness (QED) is 0.500. The minimum Gasteiger partial charge on any atom is -0.290 e. The Kier molecular flexibility index (Phi) is 1.43. The molecule has 0 saturated carbocycles. The molecule has 0 unspecified atom stereocenters. The van der Waals surface area contributed by atoms with E-state index in [4.69, 9.17) is 0 Å². The molecule has 0 aliphatic rings. The molecule has 0 heterocycles. The zero-order valence-corrected chi connectivity index (χ0v) is 5.56. The summed E-state index contributed by atoms with van der Waals surface area (Å²) in [6.45, 7) is 3.70. The van der Waals surface area contributed by atoms with Gasteiger partial charge in [-0.1, -0.05) is 6.07 Å². The first-order valence-corrected chi connectivity index (χ1v) is 2.86. The topological polar surface area (TPSA) is 19.9 Å². The molecule has 0 spiro atoms. The SMILES string of the molecule is Cc1[c]ccc([O])c1C. The van der Waals surface area contributed by atoms with Gasteiger partial charge in [-0.3, -0.25) is 5.11 Å². The van der Waals surface area contributed by atoms with Gasteiger partial charge in [0, 0.05) is 0 Å². The van der Waals surface area contributed by atoms with E-state index in [-0.39, 0.29) is 5.75 Å². The lowest BCUT2D eigenvalue weighted by atomic mass is 10.1. The van der Waals surface area contributed by atoms with Crippen LogP contribution in [0, 0.1) is 19.9 Å². The Morgan fingerprint density at radius 2 is 2.11 bits per heavy atom. The van der Waals surface area contributed by atoms with Crippen LogP contribution >= 0.6 is 0 Å². The first-order valence-electron chi connectivity index (χ1n) is 2.86. The van der Waals surface area contributed by atoms with Crippen molar-refractivity contribution in [1.82, 2.24) is 0 Å². The molecule has 46 valence electrons. The first kappa shape index (κ1) is 6.14. The minimum atomic E-state index is 0.103. The van der Waals surface area contributed by atoms with Gasteiger partial charge in [0.05, 0.1) is 0 Å². The minimum absolute atomic E-state index is 0.103. The smallest absolute Gasteiger partial charge is 0.181 e. The van der Waals surface area contributed by atoms with Crippen LogP contribution in [0.3, 0.4) is 0 Å². The lowest BCUT2D eigenvalue weighted by Crippen LogP contribution is -1.78. The maximum Gasteiger partial charge on any atom is 0.181 e. The van der Waals surface area contributed by atoms with Crippen LogP contribution in [0.2, 0.25) is 0 Å². The van der Waals surface area contributed by atoms with Crippen molar-refractivity contribution in [2.45, 2.75) is 13.8 Å². The number of rotatable bonds is 0. The number of hydrogen-bond acceptors (Lipinski definition) is 0. The maximum atomic E-state index is 10.8. The van der Waals surface area contributed by atoms with Gasteiger partial charge in [-0.2, -0.15) is 0 Å². The number of aryl methyl sites for hydroxylation is 1.